The van der Waals surface area contributed by atoms with Crippen LogP contribution < -0.4 is 14.8 Å². The van der Waals surface area contributed by atoms with Crippen molar-refractivity contribution in [3.8, 4) is 22.9 Å². The fraction of sp³-hybridized carbons (Fsp3) is 0.333. The first kappa shape index (κ1) is 26.5. The van der Waals surface area contributed by atoms with Crippen LogP contribution in [0.2, 0.25) is 0 Å². The van der Waals surface area contributed by atoms with Gasteiger partial charge in [0.1, 0.15) is 29.7 Å². The van der Waals surface area contributed by atoms with Crippen LogP contribution in [0, 0.1) is 0 Å². The normalized spacial score (nSPS) is 11.8. The number of nitrogens with zero attached hydrogens (tertiary/aromatic N) is 2. The Bertz CT molecular complexity index is 1190. The Hall–Kier alpha value is -4.14. The van der Waals surface area contributed by atoms with Crippen molar-refractivity contribution in [3.05, 3.63) is 72.1 Å². The Balaban J connectivity index is 1.75. The number of benzene rings is 2. The van der Waals surface area contributed by atoms with E-state index in [1.165, 1.54) is 7.11 Å². The number of nitrogens with one attached hydrogen (secondary N) is 1. The molecule has 1 heterocycles. The highest BCUT2D eigenvalue weighted by molar-refractivity contribution is 5.81. The van der Waals surface area contributed by atoms with Crippen LogP contribution in [0.4, 0.5) is 4.79 Å². The van der Waals surface area contributed by atoms with Crippen molar-refractivity contribution in [2.45, 2.75) is 45.4 Å². The summed E-state index contributed by atoms with van der Waals surface area (Å²) in [6, 6.07) is 15.6. The van der Waals surface area contributed by atoms with Crippen molar-refractivity contribution in [2.75, 3.05) is 14.2 Å². The lowest BCUT2D eigenvalue weighted by Crippen LogP contribution is -2.45. The summed E-state index contributed by atoms with van der Waals surface area (Å²) >= 11 is 0. The molecule has 0 spiro atoms. The first-order valence-corrected chi connectivity index (χ1v) is 11.4. The molecule has 9 heteroatoms. The second kappa shape index (κ2) is 12.0. The smallest absolute Gasteiger partial charge is 0.408 e. The second-order valence-electron chi connectivity index (χ2n) is 8.89. The average molecular weight is 494 g/mol. The van der Waals surface area contributed by atoms with Gasteiger partial charge in [-0.3, -0.25) is 0 Å². The quantitative estimate of drug-likeness (QED) is 0.439. The topological polar surface area (TPSA) is 109 Å². The molecule has 0 bridgehead atoms. The van der Waals surface area contributed by atoms with Gasteiger partial charge in [0.25, 0.3) is 0 Å². The molecule has 0 unspecified atom stereocenters. The van der Waals surface area contributed by atoms with E-state index in [1.807, 2.05) is 42.5 Å². The highest BCUT2D eigenvalue weighted by Crippen LogP contribution is 2.27. The first-order valence-electron chi connectivity index (χ1n) is 11.4. The van der Waals surface area contributed by atoms with Gasteiger partial charge in [0, 0.05) is 12.6 Å². The maximum atomic E-state index is 12.4. The van der Waals surface area contributed by atoms with E-state index in [0.29, 0.717) is 28.6 Å². The third-order valence-electron chi connectivity index (χ3n) is 5.01. The molecule has 190 valence electrons. The number of amides is 1. The van der Waals surface area contributed by atoms with E-state index in [0.717, 1.165) is 5.56 Å². The zero-order valence-corrected chi connectivity index (χ0v) is 21.1. The zero-order valence-electron chi connectivity index (χ0n) is 21.1. The lowest BCUT2D eigenvalue weighted by atomic mass is 10.0. The number of hydrogen-bond donors (Lipinski definition) is 1. The van der Waals surface area contributed by atoms with E-state index in [2.05, 4.69) is 15.3 Å². The Morgan fingerprint density at radius 2 is 1.67 bits per heavy atom. The molecule has 1 amide bonds. The van der Waals surface area contributed by atoms with E-state index >= 15 is 0 Å². The molecule has 3 rings (SSSR count). The summed E-state index contributed by atoms with van der Waals surface area (Å²) in [7, 11) is 2.87. The molecule has 3 aromatic rings. The van der Waals surface area contributed by atoms with Gasteiger partial charge in [-0.2, -0.15) is 0 Å². The summed E-state index contributed by atoms with van der Waals surface area (Å²) < 4.78 is 21.6. The fourth-order valence-electron chi connectivity index (χ4n) is 3.41. The van der Waals surface area contributed by atoms with E-state index < -0.39 is 23.7 Å². The van der Waals surface area contributed by atoms with Crippen LogP contribution in [-0.2, 0) is 27.3 Å². The minimum Gasteiger partial charge on any atom is -0.496 e. The molecule has 1 atom stereocenters. The van der Waals surface area contributed by atoms with Crippen molar-refractivity contribution in [3.63, 3.8) is 0 Å². The Labute approximate surface area is 210 Å². The summed E-state index contributed by atoms with van der Waals surface area (Å²) in [4.78, 5) is 33.6. The first-order chi connectivity index (χ1) is 17.2. The zero-order chi connectivity index (χ0) is 26.1. The molecule has 1 aromatic heterocycles. The number of para-hydroxylation sites is 2. The molecule has 0 saturated heterocycles. The predicted octanol–water partition coefficient (Wildman–Crippen LogP) is 4.34. The lowest BCUT2D eigenvalue weighted by Gasteiger charge is -2.23. The van der Waals surface area contributed by atoms with Crippen molar-refractivity contribution in [1.82, 2.24) is 15.3 Å². The van der Waals surface area contributed by atoms with Crippen LogP contribution in [0.3, 0.4) is 0 Å². The Kier molecular flexibility index (Phi) is 8.83. The Morgan fingerprint density at radius 3 is 2.36 bits per heavy atom. The van der Waals surface area contributed by atoms with Gasteiger partial charge in [0.2, 0.25) is 0 Å². The van der Waals surface area contributed by atoms with Crippen LogP contribution in [0.25, 0.3) is 11.4 Å². The third kappa shape index (κ3) is 7.43. The largest absolute Gasteiger partial charge is 0.496 e. The minimum absolute atomic E-state index is 0.151. The molecule has 1 N–H and O–H groups in total. The number of rotatable bonds is 9. The summed E-state index contributed by atoms with van der Waals surface area (Å²) in [5.74, 6) is 1.16. The lowest BCUT2D eigenvalue weighted by molar-refractivity contribution is -0.143. The fourth-order valence-corrected chi connectivity index (χ4v) is 3.41. The Morgan fingerprint density at radius 1 is 0.972 bits per heavy atom. The van der Waals surface area contributed by atoms with Crippen LogP contribution in [0.1, 0.15) is 32.0 Å². The standard InChI is InChI=1S/C27H31N3O6/c1-27(2,3)36-26(32)30-21(25(31)34-5)16-18-10-6-8-12-22(18)35-17-19-14-15-28-24(29-19)20-11-7-9-13-23(20)33-4/h6-15,21H,16-17H2,1-5H3,(H,30,32)/t21-/m1/s1. The second-order valence-corrected chi connectivity index (χ2v) is 8.89. The molecule has 36 heavy (non-hydrogen) atoms. The summed E-state index contributed by atoms with van der Waals surface area (Å²) in [5.41, 5.74) is 1.45. The van der Waals surface area contributed by atoms with E-state index in [-0.39, 0.29) is 13.0 Å². The van der Waals surface area contributed by atoms with Crippen molar-refractivity contribution >= 4 is 12.1 Å². The van der Waals surface area contributed by atoms with Crippen molar-refractivity contribution < 1.29 is 28.5 Å². The van der Waals surface area contributed by atoms with Crippen LogP contribution in [-0.4, -0.2) is 47.9 Å². The average Bonchev–Trinajstić information content (AvgIpc) is 2.86. The van der Waals surface area contributed by atoms with E-state index in [1.54, 1.807) is 46.2 Å². The van der Waals surface area contributed by atoms with Gasteiger partial charge >= 0.3 is 12.1 Å². The van der Waals surface area contributed by atoms with Crippen LogP contribution in [0.5, 0.6) is 11.5 Å². The van der Waals surface area contributed by atoms with Crippen LogP contribution in [0.15, 0.2) is 60.8 Å². The molecule has 0 radical (unpaired) electrons. The number of carbonyl (C=O) groups excluding carboxylic acids is 2. The third-order valence-corrected chi connectivity index (χ3v) is 5.01. The molecular weight excluding hydrogens is 462 g/mol. The van der Waals surface area contributed by atoms with Gasteiger partial charge in [-0.15, -0.1) is 0 Å². The van der Waals surface area contributed by atoms with Gasteiger partial charge in [-0.05, 0) is 50.6 Å². The molecule has 0 saturated carbocycles. The maximum Gasteiger partial charge on any atom is 0.408 e. The molecule has 0 fully saturated rings. The van der Waals surface area contributed by atoms with Crippen molar-refractivity contribution in [1.29, 1.82) is 0 Å². The molecule has 9 nitrogen and oxygen atoms in total. The predicted molar refractivity (Wildman–Crippen MR) is 134 cm³/mol. The molecule has 0 aliphatic carbocycles. The number of alkyl carbamates (subject to hydrolysis) is 1. The number of methoxy groups -OCH3 is 2. The number of aromatic nitrogens is 2. The monoisotopic (exact) mass is 493 g/mol. The number of esters is 1. The van der Waals surface area contributed by atoms with Gasteiger partial charge in [-0.25, -0.2) is 19.6 Å². The van der Waals surface area contributed by atoms with Crippen LogP contribution >= 0.6 is 0 Å². The van der Waals surface area contributed by atoms with Gasteiger partial charge < -0.3 is 24.3 Å². The highest BCUT2D eigenvalue weighted by atomic mass is 16.6. The molecular formula is C27H31N3O6. The van der Waals surface area contributed by atoms with Gasteiger partial charge in [-0.1, -0.05) is 30.3 Å². The maximum absolute atomic E-state index is 12.4. The number of hydrogen-bond acceptors (Lipinski definition) is 8. The minimum atomic E-state index is -0.953. The highest BCUT2D eigenvalue weighted by Gasteiger charge is 2.26. The van der Waals surface area contributed by atoms with Crippen molar-refractivity contribution in [2.24, 2.45) is 0 Å². The summed E-state index contributed by atoms with van der Waals surface area (Å²) in [6.45, 7) is 5.41. The molecule has 2 aromatic carbocycles. The summed E-state index contributed by atoms with van der Waals surface area (Å²) in [5, 5.41) is 2.59. The van der Waals surface area contributed by atoms with Gasteiger partial charge in [0.05, 0.1) is 25.5 Å². The number of carbonyl (C=O) groups is 2. The van der Waals surface area contributed by atoms with E-state index in [9.17, 15) is 9.59 Å². The SMILES string of the molecule is COC(=O)[C@@H](Cc1ccccc1OCc1ccnc(-c2ccccc2OC)n1)NC(=O)OC(C)(C)C. The molecule has 0 aliphatic rings. The van der Waals surface area contributed by atoms with E-state index in [4.69, 9.17) is 18.9 Å². The summed E-state index contributed by atoms with van der Waals surface area (Å²) in [6.07, 6.45) is 1.11. The van der Waals surface area contributed by atoms with Gasteiger partial charge in [0.15, 0.2) is 5.82 Å². The number of ether oxygens (including phenoxy) is 4. The molecule has 0 aliphatic heterocycles.